The Hall–Kier alpha value is -0.720. The average Bonchev–Trinajstić information content (AvgIpc) is 2.69. The Bertz CT molecular complexity index is 314. The molecule has 16 heavy (non-hydrogen) atoms. The van der Waals surface area contributed by atoms with Gasteiger partial charge in [0.25, 0.3) is 0 Å². The Kier molecular flexibility index (Phi) is 3.41. The average molecular weight is 242 g/mol. The van der Waals surface area contributed by atoms with Crippen molar-refractivity contribution < 1.29 is 5.11 Å². The summed E-state index contributed by atoms with van der Waals surface area (Å²) in [5, 5.41) is 10.7. The van der Waals surface area contributed by atoms with E-state index in [9.17, 15) is 5.11 Å². The molecule has 0 aromatic carbocycles. The normalized spacial score (nSPS) is 19.1. The van der Waals surface area contributed by atoms with Crippen molar-refractivity contribution in [1.82, 2.24) is 14.3 Å². The summed E-state index contributed by atoms with van der Waals surface area (Å²) in [5.74, 6) is 0. The molecule has 1 aliphatic heterocycles. The molecule has 1 fully saturated rings. The maximum atomic E-state index is 9.74. The molecule has 0 atom stereocenters. The summed E-state index contributed by atoms with van der Waals surface area (Å²) < 4.78 is 4.01. The van der Waals surface area contributed by atoms with Crippen molar-refractivity contribution in [2.24, 2.45) is 0 Å². The number of hydrogen-bond donors (Lipinski definition) is 1. The molecule has 0 saturated carbocycles. The summed E-state index contributed by atoms with van der Waals surface area (Å²) in [6, 6.07) is 0. The van der Waals surface area contributed by atoms with Gasteiger partial charge in [-0.15, -0.1) is 0 Å². The van der Waals surface area contributed by atoms with E-state index in [-0.39, 0.29) is 0 Å². The van der Waals surface area contributed by atoms with E-state index in [1.54, 1.807) is 6.33 Å². The van der Waals surface area contributed by atoms with Gasteiger partial charge in [-0.2, -0.15) is 4.37 Å². The van der Waals surface area contributed by atoms with Crippen molar-refractivity contribution in [1.29, 1.82) is 0 Å². The highest BCUT2D eigenvalue weighted by atomic mass is 32.1. The summed E-state index contributed by atoms with van der Waals surface area (Å²) in [6.07, 6.45) is 1.60. The van der Waals surface area contributed by atoms with Crippen LogP contribution in [0.15, 0.2) is 6.33 Å². The third kappa shape index (κ3) is 3.13. The van der Waals surface area contributed by atoms with Crippen molar-refractivity contribution in [3.05, 3.63) is 6.33 Å². The molecule has 6 heteroatoms. The molecule has 90 valence electrons. The largest absolute Gasteiger partial charge is 0.389 e. The van der Waals surface area contributed by atoms with E-state index in [2.05, 4.69) is 19.2 Å². The van der Waals surface area contributed by atoms with Gasteiger partial charge in [0.2, 0.25) is 5.13 Å². The molecule has 0 aliphatic carbocycles. The summed E-state index contributed by atoms with van der Waals surface area (Å²) in [4.78, 5) is 8.74. The Morgan fingerprint density at radius 3 is 2.56 bits per heavy atom. The van der Waals surface area contributed by atoms with Crippen LogP contribution in [0.25, 0.3) is 0 Å². The first kappa shape index (κ1) is 11.8. The van der Waals surface area contributed by atoms with Crippen LogP contribution in [0.2, 0.25) is 0 Å². The zero-order chi connectivity index (χ0) is 11.6. The van der Waals surface area contributed by atoms with E-state index in [0.717, 1.165) is 37.9 Å². The molecule has 0 radical (unpaired) electrons. The van der Waals surface area contributed by atoms with Gasteiger partial charge < -0.3 is 10.0 Å². The first-order chi connectivity index (χ1) is 7.54. The fourth-order valence-corrected chi connectivity index (χ4v) is 2.53. The minimum Gasteiger partial charge on any atom is -0.389 e. The quantitative estimate of drug-likeness (QED) is 0.833. The first-order valence-corrected chi connectivity index (χ1v) is 6.28. The maximum Gasteiger partial charge on any atom is 0.205 e. The van der Waals surface area contributed by atoms with Crippen LogP contribution in [0.1, 0.15) is 13.8 Å². The lowest BCUT2D eigenvalue weighted by Gasteiger charge is -2.36. The van der Waals surface area contributed by atoms with Gasteiger partial charge in [-0.05, 0) is 13.8 Å². The van der Waals surface area contributed by atoms with Gasteiger partial charge in [0.15, 0.2) is 0 Å². The summed E-state index contributed by atoms with van der Waals surface area (Å²) in [6.45, 7) is 8.31. The smallest absolute Gasteiger partial charge is 0.205 e. The van der Waals surface area contributed by atoms with E-state index >= 15 is 0 Å². The molecule has 0 bridgehead atoms. The van der Waals surface area contributed by atoms with Crippen LogP contribution in [0.3, 0.4) is 0 Å². The Balaban J connectivity index is 1.83. The molecule has 1 saturated heterocycles. The number of hydrogen-bond acceptors (Lipinski definition) is 6. The molecule has 0 spiro atoms. The van der Waals surface area contributed by atoms with Gasteiger partial charge >= 0.3 is 0 Å². The predicted molar refractivity (Wildman–Crippen MR) is 64.9 cm³/mol. The topological polar surface area (TPSA) is 52.5 Å². The van der Waals surface area contributed by atoms with Gasteiger partial charge in [-0.25, -0.2) is 4.98 Å². The summed E-state index contributed by atoms with van der Waals surface area (Å²) in [7, 11) is 0. The molecule has 0 unspecified atom stereocenters. The number of anilines is 1. The van der Waals surface area contributed by atoms with Crippen LogP contribution in [-0.2, 0) is 0 Å². The van der Waals surface area contributed by atoms with Gasteiger partial charge in [-0.1, -0.05) is 0 Å². The molecule has 2 rings (SSSR count). The van der Waals surface area contributed by atoms with Crippen LogP contribution in [-0.4, -0.2) is 57.7 Å². The molecule has 2 heterocycles. The minimum atomic E-state index is -0.606. The number of nitrogens with zero attached hydrogens (tertiary/aromatic N) is 4. The molecule has 0 amide bonds. The summed E-state index contributed by atoms with van der Waals surface area (Å²) >= 11 is 1.44. The highest BCUT2D eigenvalue weighted by Gasteiger charge is 2.23. The van der Waals surface area contributed by atoms with Crippen molar-refractivity contribution in [2.75, 3.05) is 37.6 Å². The highest BCUT2D eigenvalue weighted by Crippen LogP contribution is 2.17. The Morgan fingerprint density at radius 1 is 1.38 bits per heavy atom. The predicted octanol–water partition coefficient (Wildman–Crippen LogP) is 0.431. The second-order valence-corrected chi connectivity index (χ2v) is 5.56. The Morgan fingerprint density at radius 2 is 2.06 bits per heavy atom. The minimum absolute atomic E-state index is 0.606. The van der Waals surface area contributed by atoms with Crippen molar-refractivity contribution >= 4 is 16.7 Å². The van der Waals surface area contributed by atoms with E-state index in [0.29, 0.717) is 0 Å². The molecule has 5 nitrogen and oxygen atoms in total. The second-order valence-electron chi connectivity index (χ2n) is 4.80. The standard InChI is InChI=1S/C10H18N4OS/c1-10(2,15)7-13-3-5-14(6-4-13)9-11-8-12-16-9/h8,15H,3-7H2,1-2H3. The van der Waals surface area contributed by atoms with E-state index in [1.807, 2.05) is 13.8 Å². The van der Waals surface area contributed by atoms with Gasteiger partial charge in [0.1, 0.15) is 6.33 Å². The number of aliphatic hydroxyl groups is 1. The fourth-order valence-electron chi connectivity index (χ4n) is 1.95. The first-order valence-electron chi connectivity index (χ1n) is 5.51. The van der Waals surface area contributed by atoms with Crippen molar-refractivity contribution in [3.8, 4) is 0 Å². The number of piperazine rings is 1. The zero-order valence-corrected chi connectivity index (χ0v) is 10.6. The van der Waals surface area contributed by atoms with Gasteiger partial charge in [0, 0.05) is 44.3 Å². The third-order valence-corrected chi connectivity index (χ3v) is 3.33. The molecule has 1 aliphatic rings. The van der Waals surface area contributed by atoms with E-state index in [4.69, 9.17) is 0 Å². The van der Waals surface area contributed by atoms with E-state index < -0.39 is 5.60 Å². The maximum absolute atomic E-state index is 9.74. The third-order valence-electron chi connectivity index (χ3n) is 2.60. The van der Waals surface area contributed by atoms with Crippen LogP contribution in [0.5, 0.6) is 0 Å². The monoisotopic (exact) mass is 242 g/mol. The Labute approximate surface area is 99.9 Å². The van der Waals surface area contributed by atoms with Crippen LogP contribution < -0.4 is 4.90 Å². The molecule has 1 aromatic heterocycles. The number of aromatic nitrogens is 2. The molecular weight excluding hydrogens is 224 g/mol. The molecular formula is C10H18N4OS. The zero-order valence-electron chi connectivity index (χ0n) is 9.76. The highest BCUT2D eigenvalue weighted by molar-refractivity contribution is 7.09. The SMILES string of the molecule is CC(C)(O)CN1CCN(c2ncns2)CC1. The van der Waals surface area contributed by atoms with E-state index in [1.165, 1.54) is 11.5 Å². The molecule has 1 aromatic rings. The number of rotatable bonds is 3. The van der Waals surface area contributed by atoms with Gasteiger partial charge in [0.05, 0.1) is 5.60 Å². The lowest BCUT2D eigenvalue weighted by atomic mass is 10.1. The number of β-amino-alcohol motifs (C(OH)–C–C–N with tert-alkyl or cyclic N) is 1. The fraction of sp³-hybridized carbons (Fsp3) is 0.800. The van der Waals surface area contributed by atoms with Crippen molar-refractivity contribution in [2.45, 2.75) is 19.4 Å². The lowest BCUT2D eigenvalue weighted by Crippen LogP contribution is -2.50. The summed E-state index contributed by atoms with van der Waals surface area (Å²) in [5.41, 5.74) is -0.606. The van der Waals surface area contributed by atoms with Crippen LogP contribution in [0, 0.1) is 0 Å². The van der Waals surface area contributed by atoms with Crippen LogP contribution in [0.4, 0.5) is 5.13 Å². The lowest BCUT2D eigenvalue weighted by molar-refractivity contribution is 0.0345. The van der Waals surface area contributed by atoms with Crippen molar-refractivity contribution in [3.63, 3.8) is 0 Å². The second kappa shape index (κ2) is 4.65. The van der Waals surface area contributed by atoms with Gasteiger partial charge in [-0.3, -0.25) is 4.90 Å². The molecule has 1 N–H and O–H groups in total. The van der Waals surface area contributed by atoms with Crippen LogP contribution >= 0.6 is 11.5 Å².